The fraction of sp³-hybridized carbons (Fsp3) is 0.533. The third-order valence-electron chi connectivity index (χ3n) is 3.47. The molecule has 2 amide bonds. The van der Waals surface area contributed by atoms with Crippen LogP contribution >= 0.6 is 0 Å². The number of urea groups is 1. The maximum absolute atomic E-state index is 12.0. The van der Waals surface area contributed by atoms with E-state index in [1.54, 1.807) is 0 Å². The molecule has 0 heterocycles. The van der Waals surface area contributed by atoms with Crippen molar-refractivity contribution < 1.29 is 14.6 Å². The Hall–Kier alpha value is -1.75. The van der Waals surface area contributed by atoms with Crippen LogP contribution in [0.4, 0.5) is 10.5 Å². The standard InChI is InChI=1S/C15H22N2O3/c1-2-20-14-6-4-3-5-13(14)17-15(19)16-11-7-9-12(18)10-8-11/h3-6,11-12,18H,2,7-10H2,1H3,(H2,16,17,19). The SMILES string of the molecule is CCOc1ccccc1NC(=O)NC1CCC(O)CC1. The van der Waals surface area contributed by atoms with Gasteiger partial charge in [-0.2, -0.15) is 0 Å². The minimum atomic E-state index is -0.224. The number of carbonyl (C=O) groups is 1. The first-order valence-electron chi connectivity index (χ1n) is 7.16. The van der Waals surface area contributed by atoms with Gasteiger partial charge in [0, 0.05) is 6.04 Å². The molecule has 0 aromatic heterocycles. The largest absolute Gasteiger partial charge is 0.492 e. The molecule has 1 aromatic rings. The predicted molar refractivity (Wildman–Crippen MR) is 78.0 cm³/mol. The molecule has 2 rings (SSSR count). The van der Waals surface area contributed by atoms with Crippen LogP contribution in [0.25, 0.3) is 0 Å². The highest BCUT2D eigenvalue weighted by Gasteiger charge is 2.21. The number of anilines is 1. The van der Waals surface area contributed by atoms with Gasteiger partial charge in [-0.3, -0.25) is 0 Å². The van der Waals surface area contributed by atoms with Crippen LogP contribution in [0.3, 0.4) is 0 Å². The summed E-state index contributed by atoms with van der Waals surface area (Å²) in [6.07, 6.45) is 2.93. The Morgan fingerprint density at radius 2 is 2.00 bits per heavy atom. The second-order valence-corrected chi connectivity index (χ2v) is 5.03. The summed E-state index contributed by atoms with van der Waals surface area (Å²) >= 11 is 0. The molecule has 0 spiro atoms. The van der Waals surface area contributed by atoms with Crippen LogP contribution in [0.15, 0.2) is 24.3 Å². The molecule has 110 valence electrons. The van der Waals surface area contributed by atoms with Gasteiger partial charge in [-0.25, -0.2) is 4.79 Å². The summed E-state index contributed by atoms with van der Waals surface area (Å²) < 4.78 is 5.47. The van der Waals surface area contributed by atoms with E-state index in [1.165, 1.54) is 0 Å². The van der Waals surface area contributed by atoms with E-state index in [2.05, 4.69) is 10.6 Å². The van der Waals surface area contributed by atoms with E-state index in [-0.39, 0.29) is 18.2 Å². The topological polar surface area (TPSA) is 70.6 Å². The molecule has 5 heteroatoms. The molecule has 0 radical (unpaired) electrons. The lowest BCUT2D eigenvalue weighted by Crippen LogP contribution is -2.40. The Morgan fingerprint density at radius 3 is 2.70 bits per heavy atom. The van der Waals surface area contributed by atoms with Gasteiger partial charge in [-0.05, 0) is 44.7 Å². The molecular weight excluding hydrogens is 256 g/mol. The van der Waals surface area contributed by atoms with Gasteiger partial charge in [0.1, 0.15) is 5.75 Å². The maximum Gasteiger partial charge on any atom is 0.319 e. The molecule has 3 N–H and O–H groups in total. The van der Waals surface area contributed by atoms with E-state index in [0.717, 1.165) is 25.7 Å². The quantitative estimate of drug-likeness (QED) is 0.792. The number of rotatable bonds is 4. The van der Waals surface area contributed by atoms with E-state index in [9.17, 15) is 9.90 Å². The van der Waals surface area contributed by atoms with Gasteiger partial charge in [0.15, 0.2) is 0 Å². The lowest BCUT2D eigenvalue weighted by molar-refractivity contribution is 0.118. The summed E-state index contributed by atoms with van der Waals surface area (Å²) in [6.45, 7) is 2.46. The molecule has 0 saturated heterocycles. The summed E-state index contributed by atoms with van der Waals surface area (Å²) in [6, 6.07) is 7.29. The smallest absolute Gasteiger partial charge is 0.319 e. The minimum absolute atomic E-state index is 0.137. The maximum atomic E-state index is 12.0. The number of amides is 2. The lowest BCUT2D eigenvalue weighted by Gasteiger charge is -2.26. The number of hydrogen-bond donors (Lipinski definition) is 3. The van der Waals surface area contributed by atoms with Gasteiger partial charge < -0.3 is 20.5 Å². The van der Waals surface area contributed by atoms with Gasteiger partial charge in [0.05, 0.1) is 18.4 Å². The monoisotopic (exact) mass is 278 g/mol. The number of aliphatic hydroxyl groups is 1. The van der Waals surface area contributed by atoms with Crippen molar-refractivity contribution in [1.82, 2.24) is 5.32 Å². The molecule has 1 aliphatic carbocycles. The van der Waals surface area contributed by atoms with Crippen LogP contribution in [0.2, 0.25) is 0 Å². The second-order valence-electron chi connectivity index (χ2n) is 5.03. The highest BCUT2D eigenvalue weighted by Crippen LogP contribution is 2.24. The Labute approximate surface area is 119 Å². The van der Waals surface area contributed by atoms with Crippen molar-refractivity contribution in [3.8, 4) is 5.75 Å². The fourth-order valence-corrected chi connectivity index (χ4v) is 2.42. The van der Waals surface area contributed by atoms with Gasteiger partial charge in [-0.15, -0.1) is 0 Å². The molecular formula is C15H22N2O3. The van der Waals surface area contributed by atoms with Gasteiger partial charge in [0.2, 0.25) is 0 Å². The Kier molecular flexibility index (Phi) is 5.24. The minimum Gasteiger partial charge on any atom is -0.492 e. The van der Waals surface area contributed by atoms with Gasteiger partial charge in [-0.1, -0.05) is 12.1 Å². The molecule has 0 aliphatic heterocycles. The zero-order valence-electron chi connectivity index (χ0n) is 11.8. The molecule has 0 bridgehead atoms. The molecule has 0 atom stereocenters. The van der Waals surface area contributed by atoms with Crippen LogP contribution in [-0.2, 0) is 0 Å². The number of aliphatic hydroxyl groups excluding tert-OH is 1. The van der Waals surface area contributed by atoms with Crippen molar-refractivity contribution in [3.05, 3.63) is 24.3 Å². The zero-order valence-corrected chi connectivity index (χ0v) is 11.8. The molecule has 20 heavy (non-hydrogen) atoms. The molecule has 1 fully saturated rings. The number of carbonyl (C=O) groups excluding carboxylic acids is 1. The van der Waals surface area contributed by atoms with E-state index in [4.69, 9.17) is 4.74 Å². The first kappa shape index (κ1) is 14.7. The predicted octanol–water partition coefficient (Wildman–Crippen LogP) is 2.51. The first-order chi connectivity index (χ1) is 9.69. The highest BCUT2D eigenvalue weighted by molar-refractivity contribution is 5.91. The van der Waals surface area contributed by atoms with Crippen LogP contribution in [0, 0.1) is 0 Å². The Balaban J connectivity index is 1.88. The second kappa shape index (κ2) is 7.14. The number of benzene rings is 1. The van der Waals surface area contributed by atoms with Crippen molar-refractivity contribution >= 4 is 11.7 Å². The van der Waals surface area contributed by atoms with Crippen LogP contribution < -0.4 is 15.4 Å². The van der Waals surface area contributed by atoms with Crippen molar-refractivity contribution in [1.29, 1.82) is 0 Å². The highest BCUT2D eigenvalue weighted by atomic mass is 16.5. The van der Waals surface area contributed by atoms with E-state index in [1.807, 2.05) is 31.2 Å². The van der Waals surface area contributed by atoms with Crippen LogP contribution in [-0.4, -0.2) is 29.9 Å². The van der Waals surface area contributed by atoms with Crippen molar-refractivity contribution in [2.75, 3.05) is 11.9 Å². The Morgan fingerprint density at radius 1 is 1.30 bits per heavy atom. The first-order valence-corrected chi connectivity index (χ1v) is 7.16. The van der Waals surface area contributed by atoms with E-state index in [0.29, 0.717) is 18.0 Å². The number of hydrogen-bond acceptors (Lipinski definition) is 3. The van der Waals surface area contributed by atoms with Crippen LogP contribution in [0.1, 0.15) is 32.6 Å². The molecule has 0 unspecified atom stereocenters. The van der Waals surface area contributed by atoms with Gasteiger partial charge in [0.25, 0.3) is 0 Å². The zero-order chi connectivity index (χ0) is 14.4. The van der Waals surface area contributed by atoms with Crippen molar-refractivity contribution in [2.24, 2.45) is 0 Å². The Bertz CT molecular complexity index is 442. The van der Waals surface area contributed by atoms with E-state index >= 15 is 0 Å². The number of para-hydroxylation sites is 2. The average Bonchev–Trinajstić information content (AvgIpc) is 2.44. The normalized spacial score (nSPS) is 22.1. The molecule has 1 aliphatic rings. The molecule has 1 aromatic carbocycles. The fourth-order valence-electron chi connectivity index (χ4n) is 2.42. The van der Waals surface area contributed by atoms with Crippen LogP contribution in [0.5, 0.6) is 5.75 Å². The third-order valence-corrected chi connectivity index (χ3v) is 3.47. The van der Waals surface area contributed by atoms with Gasteiger partial charge >= 0.3 is 6.03 Å². The number of ether oxygens (including phenoxy) is 1. The molecule has 5 nitrogen and oxygen atoms in total. The van der Waals surface area contributed by atoms with Crippen molar-refractivity contribution in [3.63, 3.8) is 0 Å². The van der Waals surface area contributed by atoms with E-state index < -0.39 is 0 Å². The lowest BCUT2D eigenvalue weighted by atomic mass is 9.93. The molecule has 1 saturated carbocycles. The summed E-state index contributed by atoms with van der Waals surface area (Å²) in [5.41, 5.74) is 0.669. The van der Waals surface area contributed by atoms with Crippen molar-refractivity contribution in [2.45, 2.75) is 44.8 Å². The third kappa shape index (κ3) is 4.13. The number of nitrogens with one attached hydrogen (secondary N) is 2. The summed E-state index contributed by atoms with van der Waals surface area (Å²) in [7, 11) is 0. The summed E-state index contributed by atoms with van der Waals surface area (Å²) in [5.74, 6) is 0.671. The average molecular weight is 278 g/mol. The summed E-state index contributed by atoms with van der Waals surface area (Å²) in [4.78, 5) is 12.0. The summed E-state index contributed by atoms with van der Waals surface area (Å²) in [5, 5.41) is 15.2.